The number of aryl methyl sites for hydroxylation is 2. The maximum absolute atomic E-state index is 9.82. The van der Waals surface area contributed by atoms with E-state index in [1.54, 1.807) is 18.3 Å². The average Bonchev–Trinajstić information content (AvgIpc) is 3.43. The largest absolute Gasteiger partial charge is 0.384 e. The molecule has 0 radical (unpaired) electrons. The number of aromatic nitrogens is 4. The van der Waals surface area contributed by atoms with Crippen LogP contribution in [0.4, 0.5) is 0 Å². The lowest BCUT2D eigenvalue weighted by molar-refractivity contribution is -0.109. The molecule has 5 aromatic rings. The van der Waals surface area contributed by atoms with Crippen molar-refractivity contribution in [2.24, 2.45) is 17.4 Å². The van der Waals surface area contributed by atoms with Crippen LogP contribution in [0.3, 0.4) is 0 Å². The second kappa shape index (κ2) is 17.7. The van der Waals surface area contributed by atoms with E-state index in [0.29, 0.717) is 13.0 Å². The number of benzene rings is 3. The van der Waals surface area contributed by atoms with Crippen LogP contribution in [0.2, 0.25) is 0 Å². The highest BCUT2D eigenvalue weighted by Gasteiger charge is 2.12. The van der Waals surface area contributed by atoms with Crippen molar-refractivity contribution in [2.45, 2.75) is 46.2 Å². The van der Waals surface area contributed by atoms with Crippen molar-refractivity contribution in [1.82, 2.24) is 25.1 Å². The lowest BCUT2D eigenvalue weighted by Gasteiger charge is -2.14. The van der Waals surface area contributed by atoms with Crippen molar-refractivity contribution in [2.75, 3.05) is 0 Å². The smallest absolute Gasteiger partial charge is 0.207 e. The van der Waals surface area contributed by atoms with Gasteiger partial charge in [0, 0.05) is 36.6 Å². The quantitative estimate of drug-likeness (QED) is 0.0484. The number of hydrogen-bond donors (Lipinski definition) is 5. The van der Waals surface area contributed by atoms with Crippen LogP contribution >= 0.6 is 0 Å². The fourth-order valence-corrected chi connectivity index (χ4v) is 4.64. The van der Waals surface area contributed by atoms with Crippen LogP contribution in [0.15, 0.2) is 97.3 Å². The van der Waals surface area contributed by atoms with Crippen LogP contribution in [0, 0.1) is 12.3 Å². The van der Waals surface area contributed by atoms with E-state index in [9.17, 15) is 4.79 Å². The van der Waals surface area contributed by atoms with Gasteiger partial charge in [0.15, 0.2) is 0 Å². The number of nitrogens with zero attached hydrogens (tertiary/aromatic N) is 4. The second-order valence-electron chi connectivity index (χ2n) is 9.96. The Balaban J connectivity index is 0.000000372. The summed E-state index contributed by atoms with van der Waals surface area (Å²) in [4.78, 5) is 14.4. The predicted octanol–water partition coefficient (Wildman–Crippen LogP) is 4.74. The minimum absolute atomic E-state index is 0.0818. The van der Waals surface area contributed by atoms with E-state index in [2.05, 4.69) is 93.1 Å². The van der Waals surface area contributed by atoms with Gasteiger partial charge in [-0.05, 0) is 59.4 Å². The van der Waals surface area contributed by atoms with E-state index in [4.69, 9.17) is 11.1 Å². The molecular formula is C34H41N9O. The lowest BCUT2D eigenvalue weighted by Crippen LogP contribution is -2.12. The van der Waals surface area contributed by atoms with E-state index >= 15 is 0 Å². The third-order valence-corrected chi connectivity index (χ3v) is 6.91. The molecule has 0 bridgehead atoms. The Morgan fingerprint density at radius 2 is 1.68 bits per heavy atom. The molecule has 0 spiro atoms. The molecule has 228 valence electrons. The first-order chi connectivity index (χ1) is 21.5. The van der Waals surface area contributed by atoms with Crippen LogP contribution in [0.25, 0.3) is 22.3 Å². The molecule has 1 amide bonds. The highest BCUT2D eigenvalue weighted by molar-refractivity contribution is 6.02. The van der Waals surface area contributed by atoms with Crippen LogP contribution in [0.5, 0.6) is 0 Å². The zero-order valence-electron chi connectivity index (χ0n) is 25.3. The third kappa shape index (κ3) is 9.41. The number of carbonyl (C=O) groups is 1. The molecule has 44 heavy (non-hydrogen) atoms. The Labute approximate surface area is 258 Å². The Morgan fingerprint density at radius 1 is 0.955 bits per heavy atom. The normalized spacial score (nSPS) is 10.1. The summed E-state index contributed by atoms with van der Waals surface area (Å²) in [6.45, 7) is 5.58. The van der Waals surface area contributed by atoms with Gasteiger partial charge in [0.05, 0.1) is 12.2 Å². The highest BCUT2D eigenvalue weighted by Crippen LogP contribution is 2.30. The first-order valence-corrected chi connectivity index (χ1v) is 14.4. The number of nitrogens with two attached hydrogens (primary N) is 3. The number of carbonyl (C=O) groups excluding carboxylic acids is 1. The molecule has 10 nitrogen and oxygen atoms in total. The molecule has 0 aliphatic heterocycles. The maximum atomic E-state index is 9.82. The summed E-state index contributed by atoms with van der Waals surface area (Å²) in [6, 6.07) is 28.5. The van der Waals surface area contributed by atoms with Gasteiger partial charge in [-0.25, -0.2) is 4.98 Å². The van der Waals surface area contributed by atoms with Gasteiger partial charge in [0.25, 0.3) is 0 Å². The summed E-state index contributed by atoms with van der Waals surface area (Å²) >= 11 is 0. The van der Waals surface area contributed by atoms with Gasteiger partial charge in [-0.1, -0.05) is 80.1 Å². The summed E-state index contributed by atoms with van der Waals surface area (Å²) < 4.78 is 2.31. The van der Waals surface area contributed by atoms with Crippen LogP contribution in [-0.4, -0.2) is 32.0 Å². The van der Waals surface area contributed by atoms with Gasteiger partial charge in [-0.2, -0.15) is 10.2 Å². The predicted molar refractivity (Wildman–Crippen MR) is 176 cm³/mol. The molecule has 0 aliphatic rings. The van der Waals surface area contributed by atoms with E-state index in [0.717, 1.165) is 58.7 Å². The van der Waals surface area contributed by atoms with Gasteiger partial charge in [0.2, 0.25) is 6.41 Å². The number of imidazole rings is 1. The zero-order chi connectivity index (χ0) is 31.7. The average molecular weight is 592 g/mol. The van der Waals surface area contributed by atoms with Gasteiger partial charge in [0.1, 0.15) is 11.7 Å². The molecule has 2 heterocycles. The SMILES string of the molecule is CCCCc1ncc(C)n1Cc1ccc(-c2cc(-c3ccccc3)ccc2C(=N)N)cc1.NN.O=CNCc1cccnn1. The maximum Gasteiger partial charge on any atom is 0.207 e. The molecule has 0 atom stereocenters. The summed E-state index contributed by atoms with van der Waals surface area (Å²) in [6.07, 6.45) is 7.52. The van der Waals surface area contributed by atoms with Crippen LogP contribution in [-0.2, 0) is 24.3 Å². The van der Waals surface area contributed by atoms with E-state index in [1.807, 2.05) is 36.5 Å². The topological polar surface area (TPSA) is 175 Å². The van der Waals surface area contributed by atoms with Gasteiger partial charge < -0.3 is 15.6 Å². The van der Waals surface area contributed by atoms with Crippen molar-refractivity contribution in [3.63, 3.8) is 0 Å². The summed E-state index contributed by atoms with van der Waals surface area (Å²) in [5, 5.41) is 17.9. The number of rotatable bonds is 11. The number of nitrogens with one attached hydrogen (secondary N) is 2. The molecule has 8 N–H and O–H groups in total. The molecule has 2 aromatic heterocycles. The molecule has 0 saturated heterocycles. The number of hydrogen-bond acceptors (Lipinski definition) is 7. The van der Waals surface area contributed by atoms with E-state index < -0.39 is 0 Å². The number of amides is 1. The van der Waals surface area contributed by atoms with Crippen LogP contribution in [0.1, 0.15) is 48.1 Å². The Hall–Kier alpha value is -5.19. The molecule has 0 saturated carbocycles. The van der Waals surface area contributed by atoms with Gasteiger partial charge in [-0.15, -0.1) is 0 Å². The monoisotopic (exact) mass is 591 g/mol. The molecule has 0 aliphatic carbocycles. The Kier molecular flexibility index (Phi) is 13.4. The van der Waals surface area contributed by atoms with Crippen molar-refractivity contribution < 1.29 is 4.79 Å². The summed E-state index contributed by atoms with van der Waals surface area (Å²) in [5.74, 6) is 9.24. The summed E-state index contributed by atoms with van der Waals surface area (Å²) in [7, 11) is 0. The van der Waals surface area contributed by atoms with Crippen molar-refractivity contribution in [3.8, 4) is 22.3 Å². The molecular weight excluding hydrogens is 550 g/mol. The number of unbranched alkanes of at least 4 members (excludes halogenated alkanes) is 1. The van der Waals surface area contributed by atoms with Gasteiger partial charge >= 0.3 is 0 Å². The third-order valence-electron chi connectivity index (χ3n) is 6.91. The van der Waals surface area contributed by atoms with E-state index in [-0.39, 0.29) is 5.84 Å². The first-order valence-electron chi connectivity index (χ1n) is 14.4. The zero-order valence-corrected chi connectivity index (χ0v) is 25.3. The Bertz CT molecular complexity index is 1580. The molecule has 5 rings (SSSR count). The first kappa shape index (κ1) is 33.3. The Morgan fingerprint density at radius 3 is 2.32 bits per heavy atom. The van der Waals surface area contributed by atoms with Crippen molar-refractivity contribution in [3.05, 3.63) is 126 Å². The van der Waals surface area contributed by atoms with E-state index in [1.165, 1.54) is 17.7 Å². The number of amidine groups is 1. The highest BCUT2D eigenvalue weighted by atomic mass is 16.1. The second-order valence-corrected chi connectivity index (χ2v) is 9.96. The molecule has 0 unspecified atom stereocenters. The van der Waals surface area contributed by atoms with Crippen molar-refractivity contribution >= 4 is 12.2 Å². The summed E-state index contributed by atoms with van der Waals surface area (Å²) in [5.41, 5.74) is 14.1. The molecule has 3 aromatic carbocycles. The fraction of sp³-hybridized carbons (Fsp3) is 0.206. The van der Waals surface area contributed by atoms with Crippen LogP contribution < -0.4 is 22.7 Å². The molecule has 10 heteroatoms. The standard InChI is InChI=1S/C28H30N4.C6H7N3O.H4N2/c1-3-4-10-27-31-18-20(2)32(27)19-21-11-13-23(14-12-21)26-17-24(15-16-25(26)28(29)30)22-8-6-5-7-9-22;10-5-7-4-6-2-1-3-8-9-6;1-2/h5-9,11-18H,3-4,10,19H2,1-2H3,(H3,29,30);1-3,5H,4H2,(H,7,10);1-2H2. The number of nitrogen functional groups attached to an aromatic ring is 1. The molecule has 0 fully saturated rings. The fourth-order valence-electron chi connectivity index (χ4n) is 4.64. The minimum Gasteiger partial charge on any atom is -0.384 e. The lowest BCUT2D eigenvalue weighted by atomic mass is 9.93. The van der Waals surface area contributed by atoms with Crippen molar-refractivity contribution in [1.29, 1.82) is 5.41 Å². The number of hydrazine groups is 1. The minimum atomic E-state index is 0.0818. The van der Waals surface area contributed by atoms with Gasteiger partial charge in [-0.3, -0.25) is 21.9 Å².